The van der Waals surface area contributed by atoms with Crippen molar-refractivity contribution in [1.29, 1.82) is 0 Å². The second kappa shape index (κ2) is 6.65. The van der Waals surface area contributed by atoms with Crippen LogP contribution in [0.1, 0.15) is 66.9 Å². The van der Waals surface area contributed by atoms with Crippen molar-refractivity contribution in [2.45, 2.75) is 56.9 Å². The molecule has 25 heavy (non-hydrogen) atoms. The van der Waals surface area contributed by atoms with E-state index >= 15 is 0 Å². The van der Waals surface area contributed by atoms with Crippen LogP contribution in [-0.4, -0.2) is 34.6 Å². The van der Waals surface area contributed by atoms with Crippen molar-refractivity contribution >= 4 is 11.9 Å². The molecule has 3 aliphatic rings. The van der Waals surface area contributed by atoms with Gasteiger partial charge in [-0.1, -0.05) is 18.9 Å². The zero-order valence-electron chi connectivity index (χ0n) is 14.2. The molecule has 0 radical (unpaired) electrons. The van der Waals surface area contributed by atoms with Crippen LogP contribution in [0, 0.1) is 11.8 Å². The van der Waals surface area contributed by atoms with Crippen LogP contribution in [0.25, 0.3) is 0 Å². The Morgan fingerprint density at radius 1 is 1.16 bits per heavy atom. The van der Waals surface area contributed by atoms with E-state index in [-0.39, 0.29) is 5.69 Å². The molecule has 1 heterocycles. The monoisotopic (exact) mass is 344 g/mol. The molecule has 0 saturated heterocycles. The van der Waals surface area contributed by atoms with Gasteiger partial charge in [0.05, 0.1) is 6.61 Å². The summed E-state index contributed by atoms with van der Waals surface area (Å²) in [4.78, 5) is 28.3. The van der Waals surface area contributed by atoms with Gasteiger partial charge in [-0.2, -0.15) is 0 Å². The van der Waals surface area contributed by atoms with Gasteiger partial charge in [0.25, 0.3) is 5.91 Å². The number of carboxylic acid groups (broad SMARTS) is 1. The first kappa shape index (κ1) is 16.4. The molecule has 0 bridgehead atoms. The largest absolute Gasteiger partial charge is 0.480 e. The number of hydrogen-bond acceptors (Lipinski definition) is 4. The van der Waals surface area contributed by atoms with E-state index < -0.39 is 17.9 Å². The Morgan fingerprint density at radius 3 is 2.48 bits per heavy atom. The fourth-order valence-electron chi connectivity index (χ4n) is 3.02. The molecule has 1 unspecified atom stereocenters. The van der Waals surface area contributed by atoms with Gasteiger partial charge in [-0.3, -0.25) is 4.79 Å². The topological polar surface area (TPSA) is 88.5 Å². The third-order valence-corrected chi connectivity index (χ3v) is 5.16. The highest BCUT2D eigenvalue weighted by Crippen LogP contribution is 2.44. The number of carbonyl (C=O) groups is 2. The Labute approximate surface area is 147 Å². The molecule has 6 heteroatoms. The Balaban J connectivity index is 1.46. The number of amides is 1. The summed E-state index contributed by atoms with van der Waals surface area (Å²) >= 11 is 0. The fraction of sp³-hybridized carbons (Fsp3) is 0.632. The molecule has 0 aliphatic heterocycles. The van der Waals surface area contributed by atoms with Gasteiger partial charge < -0.3 is 15.2 Å². The normalized spacial score (nSPS) is 20.8. The zero-order chi connectivity index (χ0) is 17.4. The molecule has 1 atom stereocenters. The molecule has 4 rings (SSSR count). The number of nitrogens with zero attached hydrogens (tertiary/aromatic N) is 1. The highest BCUT2D eigenvalue weighted by molar-refractivity contribution is 5.95. The van der Waals surface area contributed by atoms with E-state index in [1.807, 2.05) is 6.07 Å². The van der Waals surface area contributed by atoms with Crippen LogP contribution < -0.4 is 10.1 Å². The molecule has 1 aromatic rings. The predicted molar refractivity (Wildman–Crippen MR) is 90.7 cm³/mol. The number of hydrogen-bond donors (Lipinski definition) is 2. The number of rotatable bonds is 9. The molecule has 134 valence electrons. The summed E-state index contributed by atoms with van der Waals surface area (Å²) in [5.74, 6) is 0.647. The van der Waals surface area contributed by atoms with E-state index in [0.717, 1.165) is 31.2 Å². The molecule has 0 aromatic carbocycles. The van der Waals surface area contributed by atoms with E-state index in [9.17, 15) is 14.7 Å². The van der Waals surface area contributed by atoms with Gasteiger partial charge in [0.15, 0.2) is 0 Å². The van der Waals surface area contributed by atoms with Crippen LogP contribution in [0.15, 0.2) is 12.1 Å². The van der Waals surface area contributed by atoms with Crippen LogP contribution in [-0.2, 0) is 4.79 Å². The number of ether oxygens (including phenoxy) is 1. The summed E-state index contributed by atoms with van der Waals surface area (Å²) in [6.07, 6.45) is 7.25. The third-order valence-electron chi connectivity index (χ3n) is 5.16. The fourth-order valence-corrected chi connectivity index (χ4v) is 3.02. The zero-order valence-corrected chi connectivity index (χ0v) is 14.2. The quantitative estimate of drug-likeness (QED) is 0.719. The van der Waals surface area contributed by atoms with E-state index in [0.29, 0.717) is 36.7 Å². The van der Waals surface area contributed by atoms with Crippen LogP contribution >= 0.6 is 0 Å². The van der Waals surface area contributed by atoms with E-state index in [1.54, 1.807) is 6.07 Å². The van der Waals surface area contributed by atoms with Crippen molar-refractivity contribution in [2.75, 3.05) is 6.61 Å². The summed E-state index contributed by atoms with van der Waals surface area (Å²) in [5.41, 5.74) is 1.31. The van der Waals surface area contributed by atoms with Crippen LogP contribution in [0.5, 0.6) is 5.88 Å². The second-order valence-corrected chi connectivity index (χ2v) is 7.66. The number of nitrogens with one attached hydrogen (secondary N) is 1. The maximum atomic E-state index is 12.5. The lowest BCUT2D eigenvalue weighted by molar-refractivity contribution is -0.139. The molecule has 0 spiro atoms. The Hall–Kier alpha value is -2.11. The minimum atomic E-state index is -0.986. The number of carbonyl (C=O) groups excluding carboxylic acids is 1. The Kier molecular flexibility index (Phi) is 4.36. The van der Waals surface area contributed by atoms with Crippen LogP contribution in [0.4, 0.5) is 0 Å². The minimum absolute atomic E-state index is 0.234. The van der Waals surface area contributed by atoms with Crippen molar-refractivity contribution < 1.29 is 19.4 Å². The summed E-state index contributed by atoms with van der Waals surface area (Å²) < 4.78 is 5.87. The molecular weight excluding hydrogens is 320 g/mol. The molecule has 1 aromatic heterocycles. The maximum absolute atomic E-state index is 12.5. The molecule has 1 amide bonds. The van der Waals surface area contributed by atoms with Gasteiger partial charge >= 0.3 is 5.97 Å². The van der Waals surface area contributed by atoms with Gasteiger partial charge in [-0.25, -0.2) is 9.78 Å². The molecule has 2 N–H and O–H groups in total. The standard InChI is InChI=1S/C19H24N2O4/c22-17(20-16(19(23)24)9-11-1-2-11)15-8-7-14(13-5-6-13)18(21-15)25-10-12-3-4-12/h7-8,11-13,16H,1-6,9-10H2,(H,20,22)(H,23,24). The minimum Gasteiger partial charge on any atom is -0.480 e. The maximum Gasteiger partial charge on any atom is 0.326 e. The van der Waals surface area contributed by atoms with Gasteiger partial charge in [-0.15, -0.1) is 0 Å². The number of pyridine rings is 1. The van der Waals surface area contributed by atoms with E-state index in [4.69, 9.17) is 4.74 Å². The van der Waals surface area contributed by atoms with Crippen molar-refractivity contribution in [3.63, 3.8) is 0 Å². The highest BCUT2D eigenvalue weighted by Gasteiger charge is 2.32. The second-order valence-electron chi connectivity index (χ2n) is 7.66. The van der Waals surface area contributed by atoms with Crippen LogP contribution in [0.2, 0.25) is 0 Å². The molecule has 3 saturated carbocycles. The molecular formula is C19H24N2O4. The first-order valence-electron chi connectivity index (χ1n) is 9.27. The van der Waals surface area contributed by atoms with Crippen molar-refractivity contribution in [3.8, 4) is 5.88 Å². The first-order chi connectivity index (χ1) is 12.1. The van der Waals surface area contributed by atoms with Crippen LogP contribution in [0.3, 0.4) is 0 Å². The van der Waals surface area contributed by atoms with Gasteiger partial charge in [0, 0.05) is 5.56 Å². The summed E-state index contributed by atoms with van der Waals surface area (Å²) in [5, 5.41) is 11.9. The third kappa shape index (κ3) is 4.30. The SMILES string of the molecule is O=C(NC(CC1CC1)C(=O)O)c1ccc(C2CC2)c(OCC2CC2)n1. The Bertz CT molecular complexity index is 678. The highest BCUT2D eigenvalue weighted by atomic mass is 16.5. The van der Waals surface area contributed by atoms with Crippen molar-refractivity contribution in [3.05, 3.63) is 23.4 Å². The average Bonchev–Trinajstić information content (AvgIpc) is 3.46. The van der Waals surface area contributed by atoms with Crippen molar-refractivity contribution in [1.82, 2.24) is 10.3 Å². The summed E-state index contributed by atoms with van der Waals surface area (Å²) in [7, 11) is 0. The van der Waals surface area contributed by atoms with Gasteiger partial charge in [-0.05, 0) is 55.9 Å². The first-order valence-corrected chi connectivity index (χ1v) is 9.27. The number of carboxylic acids is 1. The lowest BCUT2D eigenvalue weighted by Gasteiger charge is -2.15. The molecule has 6 nitrogen and oxygen atoms in total. The van der Waals surface area contributed by atoms with E-state index in [1.165, 1.54) is 12.8 Å². The van der Waals surface area contributed by atoms with Gasteiger partial charge in [0.2, 0.25) is 5.88 Å². The van der Waals surface area contributed by atoms with Gasteiger partial charge in [0.1, 0.15) is 11.7 Å². The molecule has 3 fully saturated rings. The summed E-state index contributed by atoms with van der Waals surface area (Å²) in [6, 6.07) is 2.75. The smallest absolute Gasteiger partial charge is 0.326 e. The summed E-state index contributed by atoms with van der Waals surface area (Å²) in [6.45, 7) is 0.650. The lowest BCUT2D eigenvalue weighted by Crippen LogP contribution is -2.41. The number of aromatic nitrogens is 1. The molecule has 3 aliphatic carbocycles. The van der Waals surface area contributed by atoms with E-state index in [2.05, 4.69) is 10.3 Å². The number of aliphatic carboxylic acids is 1. The Morgan fingerprint density at radius 2 is 1.88 bits per heavy atom. The predicted octanol–water partition coefficient (Wildman–Crippen LogP) is 2.73. The average molecular weight is 344 g/mol. The lowest BCUT2D eigenvalue weighted by atomic mass is 10.1. The van der Waals surface area contributed by atoms with Crippen molar-refractivity contribution in [2.24, 2.45) is 11.8 Å².